The Hall–Kier alpha value is -2.55. The second-order valence-electron chi connectivity index (χ2n) is 7.64. The van der Waals surface area contributed by atoms with E-state index in [4.69, 9.17) is 4.99 Å². The van der Waals surface area contributed by atoms with Crippen LogP contribution in [0.4, 0.5) is 5.69 Å². The summed E-state index contributed by atoms with van der Waals surface area (Å²) in [5.41, 5.74) is 6.60. The summed E-state index contributed by atoms with van der Waals surface area (Å²) in [6.45, 7) is 10.3. The number of aromatic nitrogens is 1. The summed E-state index contributed by atoms with van der Waals surface area (Å²) in [6, 6.07) is 15.7. The van der Waals surface area contributed by atoms with E-state index in [0.29, 0.717) is 5.52 Å². The number of pyridine rings is 1. The number of nitrogens with zero attached hydrogens (tertiary/aromatic N) is 3. The number of aryl methyl sites for hydroxylation is 1. The number of hydrogen-bond acceptors (Lipinski definition) is 3. The van der Waals surface area contributed by atoms with Gasteiger partial charge in [-0.25, -0.2) is 4.98 Å². The second kappa shape index (κ2) is 10.7. The van der Waals surface area contributed by atoms with E-state index in [-0.39, 0.29) is 5.75 Å². The summed E-state index contributed by atoms with van der Waals surface area (Å²) in [5.74, 6) is 0.190. The Morgan fingerprint density at radius 1 is 1.03 bits per heavy atom. The number of rotatable bonds is 4. The van der Waals surface area contributed by atoms with Crippen molar-refractivity contribution in [3.05, 3.63) is 65.4 Å². The van der Waals surface area contributed by atoms with E-state index >= 15 is 0 Å². The van der Waals surface area contributed by atoms with E-state index in [0.717, 1.165) is 46.5 Å². The minimum Gasteiger partial charge on any atom is -0.506 e. The fourth-order valence-electron chi connectivity index (χ4n) is 3.80. The Morgan fingerprint density at radius 2 is 1.77 bits per heavy atom. The molecule has 1 fully saturated rings. The first-order valence-electron chi connectivity index (χ1n) is 11.1. The fourth-order valence-corrected chi connectivity index (χ4v) is 4.18. The number of phenolic OH excluding ortho intramolecular Hbond substituents is 1. The van der Waals surface area contributed by atoms with Gasteiger partial charge in [0.15, 0.2) is 0 Å². The lowest BCUT2D eigenvalue weighted by atomic mass is 10.1. The van der Waals surface area contributed by atoms with Gasteiger partial charge in [-0.1, -0.05) is 44.5 Å². The Labute approximate surface area is 187 Å². The molecule has 1 N–H and O–H groups in total. The largest absolute Gasteiger partial charge is 0.506 e. The first kappa shape index (κ1) is 23.1. The monoisotopic (exact) mass is 433 g/mol. The van der Waals surface area contributed by atoms with Crippen molar-refractivity contribution in [1.82, 2.24) is 9.88 Å². The van der Waals surface area contributed by atoms with Gasteiger partial charge >= 0.3 is 0 Å². The molecule has 0 bridgehead atoms. The highest BCUT2D eigenvalue weighted by atomic mass is 31.0. The van der Waals surface area contributed by atoms with Gasteiger partial charge in [0, 0.05) is 23.9 Å². The van der Waals surface area contributed by atoms with E-state index in [2.05, 4.69) is 43.9 Å². The van der Waals surface area contributed by atoms with Crippen LogP contribution in [0.3, 0.4) is 0 Å². The first-order chi connectivity index (χ1) is 15.0. The lowest BCUT2D eigenvalue weighted by Gasteiger charge is -2.28. The van der Waals surface area contributed by atoms with Gasteiger partial charge in [-0.05, 0) is 62.1 Å². The number of fused-ring (bicyclic) bond motifs is 1. The summed E-state index contributed by atoms with van der Waals surface area (Å²) in [4.78, 5) is 11.8. The van der Waals surface area contributed by atoms with Gasteiger partial charge < -0.3 is 5.11 Å². The van der Waals surface area contributed by atoms with E-state index in [1.807, 2.05) is 45.0 Å². The van der Waals surface area contributed by atoms with Gasteiger partial charge in [-0.3, -0.25) is 9.89 Å². The average molecular weight is 434 g/mol. The van der Waals surface area contributed by atoms with Gasteiger partial charge in [0.05, 0.1) is 17.1 Å². The Morgan fingerprint density at radius 3 is 2.48 bits per heavy atom. The van der Waals surface area contributed by atoms with Crippen LogP contribution in [0.1, 0.15) is 56.9 Å². The lowest BCUT2D eigenvalue weighted by molar-refractivity contribution is 0.347. The van der Waals surface area contributed by atoms with Crippen molar-refractivity contribution in [1.29, 1.82) is 0 Å². The third kappa shape index (κ3) is 5.39. The zero-order valence-corrected chi connectivity index (χ0v) is 19.9. The lowest BCUT2D eigenvalue weighted by Crippen LogP contribution is -2.34. The number of likely N-dealkylation sites (tertiary alicyclic amines) is 1. The molecular weight excluding hydrogens is 401 g/mol. The summed E-state index contributed by atoms with van der Waals surface area (Å²) in [5, 5.41) is 11.0. The number of phenols is 1. The van der Waals surface area contributed by atoms with Gasteiger partial charge in [0.2, 0.25) is 0 Å². The van der Waals surface area contributed by atoms with Crippen molar-refractivity contribution in [2.45, 2.75) is 47.0 Å². The van der Waals surface area contributed by atoms with Crippen molar-refractivity contribution in [2.24, 2.45) is 4.99 Å². The highest BCUT2D eigenvalue weighted by Crippen LogP contribution is 2.25. The number of aliphatic imine (C=N–C) groups is 1. The quantitative estimate of drug-likeness (QED) is 0.376. The van der Waals surface area contributed by atoms with Crippen molar-refractivity contribution in [3.63, 3.8) is 0 Å². The molecule has 0 atom stereocenters. The molecule has 162 valence electrons. The predicted molar refractivity (Wildman–Crippen MR) is 136 cm³/mol. The molecule has 4 nitrogen and oxygen atoms in total. The Balaban J connectivity index is 0.00000132. The molecule has 1 aliphatic rings. The fraction of sp³-hybridized carbons (Fsp3) is 0.346. The first-order valence-corrected chi connectivity index (χ1v) is 11.6. The van der Waals surface area contributed by atoms with Gasteiger partial charge in [0.25, 0.3) is 0 Å². The molecule has 0 radical (unpaired) electrons. The second-order valence-corrected chi connectivity index (χ2v) is 8.11. The van der Waals surface area contributed by atoms with Gasteiger partial charge in [-0.2, -0.15) is 0 Å². The topological polar surface area (TPSA) is 48.7 Å². The third-order valence-electron chi connectivity index (χ3n) is 5.50. The predicted octanol–water partition coefficient (Wildman–Crippen LogP) is 6.52. The van der Waals surface area contributed by atoms with E-state index in [1.165, 1.54) is 24.8 Å². The van der Waals surface area contributed by atoms with Crippen LogP contribution in [0.5, 0.6) is 5.75 Å². The van der Waals surface area contributed by atoms with Crippen LogP contribution in [-0.4, -0.2) is 39.2 Å². The van der Waals surface area contributed by atoms with Crippen LogP contribution in [0.2, 0.25) is 0 Å². The molecule has 0 aliphatic carbocycles. The van der Waals surface area contributed by atoms with Gasteiger partial charge in [-0.15, -0.1) is 8.86 Å². The molecule has 0 spiro atoms. The van der Waals surface area contributed by atoms with E-state index in [1.54, 1.807) is 6.07 Å². The van der Waals surface area contributed by atoms with E-state index < -0.39 is 0 Å². The smallest absolute Gasteiger partial charge is 0.141 e. The molecule has 2 aromatic carbocycles. The van der Waals surface area contributed by atoms with Crippen LogP contribution in [0.25, 0.3) is 10.9 Å². The zero-order chi connectivity index (χ0) is 22.4. The van der Waals surface area contributed by atoms with Crippen molar-refractivity contribution in [3.8, 4) is 5.75 Å². The SMILES string of the molecule is CC.CC(=Nc1ccc(C(=P)N2CCCCC2)cc1C)c1ccc2cccc(O)c2n1. The zero-order valence-electron chi connectivity index (χ0n) is 18.9. The summed E-state index contributed by atoms with van der Waals surface area (Å²) in [6.07, 6.45) is 3.83. The molecule has 3 aromatic rings. The Bertz CT molecular complexity index is 1100. The number of aromatic hydroxyl groups is 1. The standard InChI is InChI=1S/C24H26N3OP.C2H6/c1-16-15-19(24(29)27-13-4-3-5-14-27)10-11-20(16)25-17(2)21-12-9-18-7-6-8-22(28)23(18)26-21;1-2/h6-12,15,28-29H,3-5,13-14H2,1-2H3;1-2H3. The molecule has 4 rings (SSSR count). The maximum Gasteiger partial charge on any atom is 0.141 e. The molecule has 5 heteroatoms. The maximum absolute atomic E-state index is 10.1. The molecule has 1 saturated heterocycles. The van der Waals surface area contributed by atoms with Crippen LogP contribution < -0.4 is 0 Å². The molecule has 2 heterocycles. The molecule has 0 unspecified atom stereocenters. The van der Waals surface area contributed by atoms with Crippen molar-refractivity contribution >= 4 is 36.6 Å². The summed E-state index contributed by atoms with van der Waals surface area (Å²) in [7, 11) is 3.85. The third-order valence-corrected chi connectivity index (χ3v) is 6.11. The van der Waals surface area contributed by atoms with Crippen molar-refractivity contribution < 1.29 is 5.11 Å². The van der Waals surface area contributed by atoms with Crippen molar-refractivity contribution in [2.75, 3.05) is 13.1 Å². The molecule has 1 aromatic heterocycles. The molecule has 0 amide bonds. The number of para-hydroxylation sites is 1. The van der Waals surface area contributed by atoms with E-state index in [9.17, 15) is 5.11 Å². The summed E-state index contributed by atoms with van der Waals surface area (Å²) >= 11 is 0. The average Bonchev–Trinajstić information content (AvgIpc) is 2.82. The highest BCUT2D eigenvalue weighted by Gasteiger charge is 2.15. The molecule has 1 aliphatic heterocycles. The van der Waals surface area contributed by atoms with Crippen LogP contribution in [0.15, 0.2) is 53.5 Å². The maximum atomic E-state index is 10.1. The number of benzene rings is 2. The minimum atomic E-state index is 0.190. The minimum absolute atomic E-state index is 0.190. The highest BCUT2D eigenvalue weighted by molar-refractivity contribution is 7.21. The normalized spacial score (nSPS) is 14.8. The van der Waals surface area contributed by atoms with Crippen LogP contribution in [0, 0.1) is 6.92 Å². The van der Waals surface area contributed by atoms with Crippen LogP contribution in [-0.2, 0) is 0 Å². The van der Waals surface area contributed by atoms with Crippen LogP contribution >= 0.6 is 8.86 Å². The summed E-state index contributed by atoms with van der Waals surface area (Å²) < 4.78 is 0. The molecular formula is C26H32N3OP. The molecule has 0 saturated carbocycles. The number of piperidine rings is 1. The Kier molecular flexibility index (Phi) is 7.95. The number of hydrogen-bond donors (Lipinski definition) is 1. The van der Waals surface area contributed by atoms with Gasteiger partial charge in [0.1, 0.15) is 11.3 Å². The molecule has 31 heavy (non-hydrogen) atoms.